The molecule has 1 amide bonds. The van der Waals surface area contributed by atoms with Crippen LogP contribution in [0.4, 0.5) is 13.2 Å². The van der Waals surface area contributed by atoms with Crippen LogP contribution in [-0.4, -0.2) is 32.9 Å². The largest absolute Gasteiger partial charge is 0.433 e. The molecule has 2 aliphatic rings. The van der Waals surface area contributed by atoms with Crippen molar-refractivity contribution in [2.75, 3.05) is 6.54 Å². The minimum absolute atomic E-state index is 0.0411. The molecular weight excluding hydrogens is 307 g/mol. The van der Waals surface area contributed by atoms with Crippen LogP contribution in [0.1, 0.15) is 49.5 Å². The molecule has 23 heavy (non-hydrogen) atoms. The number of carbonyl (C=O) groups is 1. The second-order valence-electron chi connectivity index (χ2n) is 7.03. The van der Waals surface area contributed by atoms with Crippen molar-refractivity contribution >= 4 is 5.91 Å². The van der Waals surface area contributed by atoms with Gasteiger partial charge in [0.2, 0.25) is 5.91 Å². The Bertz CT molecular complexity index is 655. The summed E-state index contributed by atoms with van der Waals surface area (Å²) in [5, 5.41) is 0. The second-order valence-corrected chi connectivity index (χ2v) is 7.03. The maximum atomic E-state index is 13.3. The van der Waals surface area contributed by atoms with Gasteiger partial charge < -0.3 is 4.90 Å². The number of alkyl halides is 3. The summed E-state index contributed by atoms with van der Waals surface area (Å²) in [5.74, 6) is -0.320. The summed E-state index contributed by atoms with van der Waals surface area (Å²) in [4.78, 5) is 22.2. The first kappa shape index (κ1) is 16.2. The summed E-state index contributed by atoms with van der Waals surface area (Å²) in [7, 11) is 0. The van der Waals surface area contributed by atoms with E-state index in [9.17, 15) is 18.0 Å². The number of hydrogen-bond acceptors (Lipinski definition) is 3. The maximum absolute atomic E-state index is 13.3. The molecular formula is C16H20F3N3O. The molecule has 1 aliphatic heterocycles. The van der Waals surface area contributed by atoms with Gasteiger partial charge >= 0.3 is 6.18 Å². The van der Waals surface area contributed by atoms with E-state index < -0.39 is 17.8 Å². The van der Waals surface area contributed by atoms with Gasteiger partial charge in [0.15, 0.2) is 5.69 Å². The van der Waals surface area contributed by atoms with Crippen molar-refractivity contribution in [2.24, 2.45) is 5.92 Å². The number of carbonyl (C=O) groups excluding carboxylic acids is 1. The molecule has 1 saturated heterocycles. The molecule has 1 aliphatic carbocycles. The summed E-state index contributed by atoms with van der Waals surface area (Å²) in [6.45, 7) is 6.12. The molecule has 1 atom stereocenters. The summed E-state index contributed by atoms with van der Waals surface area (Å²) in [6.07, 6.45) is -2.56. The van der Waals surface area contributed by atoms with Gasteiger partial charge in [0.25, 0.3) is 0 Å². The maximum Gasteiger partial charge on any atom is 0.433 e. The Balaban J connectivity index is 1.90. The number of hydrogen-bond donors (Lipinski definition) is 0. The lowest BCUT2D eigenvalue weighted by Gasteiger charge is -2.50. The molecule has 126 valence electrons. The SMILES string of the molecule is Cc1nc2c(c(C(F)(F)F)n1)C[C@@H](C(=O)N1CCC1(C)C)CC2. The van der Waals surface area contributed by atoms with Crippen LogP contribution in [0.5, 0.6) is 0 Å². The first-order chi connectivity index (χ1) is 10.6. The zero-order valence-corrected chi connectivity index (χ0v) is 13.5. The number of nitrogens with zero attached hydrogens (tertiary/aromatic N) is 3. The van der Waals surface area contributed by atoms with Crippen molar-refractivity contribution in [1.29, 1.82) is 0 Å². The fraction of sp³-hybridized carbons (Fsp3) is 0.688. The van der Waals surface area contributed by atoms with Crippen molar-refractivity contribution in [3.05, 3.63) is 22.8 Å². The van der Waals surface area contributed by atoms with Gasteiger partial charge in [0.1, 0.15) is 5.82 Å². The van der Waals surface area contributed by atoms with E-state index in [0.29, 0.717) is 25.1 Å². The highest BCUT2D eigenvalue weighted by molar-refractivity contribution is 5.81. The average molecular weight is 327 g/mol. The van der Waals surface area contributed by atoms with E-state index in [1.54, 1.807) is 4.90 Å². The van der Waals surface area contributed by atoms with Gasteiger partial charge in [-0.15, -0.1) is 0 Å². The van der Waals surface area contributed by atoms with Gasteiger partial charge in [-0.05, 0) is 46.5 Å². The lowest BCUT2D eigenvalue weighted by atomic mass is 9.81. The van der Waals surface area contributed by atoms with Crippen LogP contribution in [0.2, 0.25) is 0 Å². The molecule has 4 nitrogen and oxygen atoms in total. The third-order valence-electron chi connectivity index (χ3n) is 4.95. The Morgan fingerprint density at radius 1 is 1.30 bits per heavy atom. The molecule has 0 bridgehead atoms. The van der Waals surface area contributed by atoms with Gasteiger partial charge in [0, 0.05) is 29.3 Å². The molecule has 1 aromatic heterocycles. The number of amides is 1. The molecule has 1 fully saturated rings. The molecule has 0 N–H and O–H groups in total. The monoisotopic (exact) mass is 327 g/mol. The molecule has 1 aromatic rings. The first-order valence-electron chi connectivity index (χ1n) is 7.84. The Morgan fingerprint density at radius 3 is 2.52 bits per heavy atom. The summed E-state index contributed by atoms with van der Waals surface area (Å²) >= 11 is 0. The molecule has 0 saturated carbocycles. The topological polar surface area (TPSA) is 46.1 Å². The van der Waals surface area contributed by atoms with Gasteiger partial charge in [-0.25, -0.2) is 9.97 Å². The first-order valence-corrected chi connectivity index (χ1v) is 7.84. The molecule has 2 heterocycles. The zero-order valence-electron chi connectivity index (χ0n) is 13.5. The van der Waals surface area contributed by atoms with Crippen LogP contribution in [0.25, 0.3) is 0 Å². The number of fused-ring (bicyclic) bond motifs is 1. The fourth-order valence-electron chi connectivity index (χ4n) is 3.48. The number of rotatable bonds is 1. The minimum Gasteiger partial charge on any atom is -0.337 e. The Labute approximate surface area is 133 Å². The molecule has 3 rings (SSSR count). The fourth-order valence-corrected chi connectivity index (χ4v) is 3.48. The van der Waals surface area contributed by atoms with Gasteiger partial charge in [0.05, 0.1) is 0 Å². The van der Waals surface area contributed by atoms with E-state index in [0.717, 1.165) is 6.42 Å². The van der Waals surface area contributed by atoms with Gasteiger partial charge in [-0.3, -0.25) is 4.79 Å². The lowest BCUT2D eigenvalue weighted by Crippen LogP contribution is -2.60. The van der Waals surface area contributed by atoms with Crippen molar-refractivity contribution in [2.45, 2.75) is 58.2 Å². The van der Waals surface area contributed by atoms with Crippen LogP contribution in [0, 0.1) is 12.8 Å². The van der Waals surface area contributed by atoms with E-state index in [2.05, 4.69) is 9.97 Å². The number of halogens is 3. The van der Waals surface area contributed by atoms with Crippen molar-refractivity contribution < 1.29 is 18.0 Å². The highest BCUT2D eigenvalue weighted by Gasteiger charge is 2.44. The molecule has 7 heteroatoms. The third-order valence-corrected chi connectivity index (χ3v) is 4.95. The molecule has 0 spiro atoms. The van der Waals surface area contributed by atoms with Crippen LogP contribution in [0.15, 0.2) is 0 Å². The van der Waals surface area contributed by atoms with Crippen molar-refractivity contribution in [3.8, 4) is 0 Å². The second kappa shape index (κ2) is 5.18. The van der Waals surface area contributed by atoms with E-state index >= 15 is 0 Å². The number of likely N-dealkylation sites (tertiary alicyclic amines) is 1. The summed E-state index contributed by atoms with van der Waals surface area (Å²) in [6, 6.07) is 0. The lowest BCUT2D eigenvalue weighted by molar-refractivity contribution is -0.150. The summed E-state index contributed by atoms with van der Waals surface area (Å²) < 4.78 is 39.8. The van der Waals surface area contributed by atoms with Crippen LogP contribution < -0.4 is 0 Å². The van der Waals surface area contributed by atoms with Crippen LogP contribution in [-0.2, 0) is 23.8 Å². The van der Waals surface area contributed by atoms with E-state index in [-0.39, 0.29) is 29.3 Å². The van der Waals surface area contributed by atoms with Crippen LogP contribution in [0.3, 0.4) is 0 Å². The van der Waals surface area contributed by atoms with Crippen LogP contribution >= 0.6 is 0 Å². The Hall–Kier alpha value is -1.66. The predicted octanol–water partition coefficient (Wildman–Crippen LogP) is 2.92. The van der Waals surface area contributed by atoms with Gasteiger partial charge in [-0.2, -0.15) is 13.2 Å². The highest BCUT2D eigenvalue weighted by Crippen LogP contribution is 2.38. The molecule has 0 unspecified atom stereocenters. The van der Waals surface area contributed by atoms with E-state index in [1.807, 2.05) is 13.8 Å². The van der Waals surface area contributed by atoms with E-state index in [4.69, 9.17) is 0 Å². The average Bonchev–Trinajstić information content (AvgIpc) is 2.43. The smallest absolute Gasteiger partial charge is 0.337 e. The predicted molar refractivity (Wildman–Crippen MR) is 77.7 cm³/mol. The molecule has 0 aromatic carbocycles. The van der Waals surface area contributed by atoms with Crippen molar-refractivity contribution in [3.63, 3.8) is 0 Å². The Kier molecular flexibility index (Phi) is 3.65. The third kappa shape index (κ3) is 2.81. The van der Waals surface area contributed by atoms with Gasteiger partial charge in [-0.1, -0.05) is 0 Å². The van der Waals surface area contributed by atoms with Crippen molar-refractivity contribution in [1.82, 2.24) is 14.9 Å². The Morgan fingerprint density at radius 2 is 2.00 bits per heavy atom. The number of aryl methyl sites for hydroxylation is 2. The standard InChI is InChI=1S/C16H20F3N3O/c1-9-20-12-5-4-10(14(23)22-7-6-15(22,2)3)8-11(12)13(21-9)16(17,18)19/h10H,4-8H2,1-3H3/t10-/m0/s1. The normalized spacial score (nSPS) is 23.2. The highest BCUT2D eigenvalue weighted by atomic mass is 19.4. The van der Waals surface area contributed by atoms with E-state index in [1.165, 1.54) is 6.92 Å². The number of aromatic nitrogens is 2. The minimum atomic E-state index is -4.52. The zero-order chi connectivity index (χ0) is 17.0. The quantitative estimate of drug-likeness (QED) is 0.797. The summed E-state index contributed by atoms with van der Waals surface area (Å²) in [5.41, 5.74) is -0.517. The molecule has 0 radical (unpaired) electrons.